The van der Waals surface area contributed by atoms with Crippen LogP contribution in [0.15, 0.2) is 54.7 Å². The summed E-state index contributed by atoms with van der Waals surface area (Å²) >= 11 is 0. The van der Waals surface area contributed by atoms with Gasteiger partial charge in [0.1, 0.15) is 5.82 Å². The molecule has 2 aromatic carbocycles. The molecular formula is C21H19FN2O. The summed E-state index contributed by atoms with van der Waals surface area (Å²) < 4.78 is 13.0. The van der Waals surface area contributed by atoms with E-state index in [1.807, 2.05) is 0 Å². The van der Waals surface area contributed by atoms with E-state index in [4.69, 9.17) is 0 Å². The minimum atomic E-state index is -0.327. The predicted octanol–water partition coefficient (Wildman–Crippen LogP) is 4.54. The van der Waals surface area contributed by atoms with E-state index in [0.717, 1.165) is 6.42 Å². The molecule has 3 nitrogen and oxygen atoms in total. The van der Waals surface area contributed by atoms with E-state index >= 15 is 0 Å². The van der Waals surface area contributed by atoms with Crippen LogP contribution < -0.4 is 0 Å². The van der Waals surface area contributed by atoms with E-state index < -0.39 is 0 Å². The predicted molar refractivity (Wildman–Crippen MR) is 97.9 cm³/mol. The van der Waals surface area contributed by atoms with Crippen LogP contribution in [0.3, 0.4) is 0 Å². The van der Waals surface area contributed by atoms with E-state index in [9.17, 15) is 9.18 Å². The molecule has 4 rings (SSSR count). The van der Waals surface area contributed by atoms with Gasteiger partial charge in [0.2, 0.25) is 0 Å². The summed E-state index contributed by atoms with van der Waals surface area (Å²) in [6.45, 7) is 3.34. The number of benzene rings is 2. The number of hydrogen-bond donors (Lipinski definition) is 1. The molecule has 25 heavy (non-hydrogen) atoms. The second kappa shape index (κ2) is 6.20. The van der Waals surface area contributed by atoms with Crippen molar-refractivity contribution >= 4 is 22.4 Å². The third-order valence-corrected chi connectivity index (χ3v) is 4.86. The van der Waals surface area contributed by atoms with Crippen LogP contribution in [0.2, 0.25) is 0 Å². The number of aromatic nitrogens is 1. The lowest BCUT2D eigenvalue weighted by Crippen LogP contribution is -2.34. The highest BCUT2D eigenvalue weighted by Crippen LogP contribution is 2.30. The molecule has 3 aromatic rings. The zero-order valence-electron chi connectivity index (χ0n) is 14.1. The second-order valence-electron chi connectivity index (χ2n) is 6.44. The lowest BCUT2D eigenvalue weighted by atomic mass is 9.98. The number of nitrogens with one attached hydrogen (secondary N) is 1. The van der Waals surface area contributed by atoms with Gasteiger partial charge in [0.25, 0.3) is 5.91 Å². The molecule has 0 atom stereocenters. The summed E-state index contributed by atoms with van der Waals surface area (Å²) in [5.41, 5.74) is 5.41. The van der Waals surface area contributed by atoms with Gasteiger partial charge in [0, 0.05) is 41.3 Å². The van der Waals surface area contributed by atoms with Crippen molar-refractivity contribution in [3.8, 4) is 0 Å². The fourth-order valence-corrected chi connectivity index (χ4v) is 3.44. The van der Waals surface area contributed by atoms with Crippen molar-refractivity contribution in [2.45, 2.75) is 13.3 Å². The molecule has 0 spiro atoms. The van der Waals surface area contributed by atoms with Crippen LogP contribution in [0, 0.1) is 12.7 Å². The Balaban J connectivity index is 1.56. The second-order valence-corrected chi connectivity index (χ2v) is 6.44. The number of fused-ring (bicyclic) bond motifs is 1. The maximum absolute atomic E-state index is 13.0. The number of carbonyl (C=O) groups excluding carboxylic acids is 1. The molecular weight excluding hydrogens is 315 g/mol. The molecule has 0 unspecified atom stereocenters. The quantitative estimate of drug-likeness (QED) is 0.733. The fraction of sp³-hybridized carbons (Fsp3) is 0.190. The topological polar surface area (TPSA) is 36.1 Å². The number of carbonyl (C=O) groups is 1. The average molecular weight is 334 g/mol. The summed E-state index contributed by atoms with van der Waals surface area (Å²) in [7, 11) is 0. The summed E-state index contributed by atoms with van der Waals surface area (Å²) in [6.07, 6.45) is 4.99. The van der Waals surface area contributed by atoms with Gasteiger partial charge in [-0.1, -0.05) is 24.3 Å². The first-order chi connectivity index (χ1) is 12.1. The van der Waals surface area contributed by atoms with E-state index in [-0.39, 0.29) is 11.7 Å². The van der Waals surface area contributed by atoms with E-state index in [2.05, 4.69) is 42.4 Å². The van der Waals surface area contributed by atoms with Crippen LogP contribution in [-0.4, -0.2) is 28.9 Å². The Hall–Kier alpha value is -2.88. The van der Waals surface area contributed by atoms with Crippen LogP contribution in [0.1, 0.15) is 27.9 Å². The lowest BCUT2D eigenvalue weighted by molar-refractivity contribution is 0.0773. The lowest BCUT2D eigenvalue weighted by Gasteiger charge is -2.26. The van der Waals surface area contributed by atoms with Gasteiger partial charge in [-0.25, -0.2) is 4.39 Å². The van der Waals surface area contributed by atoms with Gasteiger partial charge in [-0.15, -0.1) is 0 Å². The van der Waals surface area contributed by atoms with Crippen LogP contribution in [-0.2, 0) is 0 Å². The smallest absolute Gasteiger partial charge is 0.254 e. The Morgan fingerprint density at radius 2 is 1.96 bits per heavy atom. The van der Waals surface area contributed by atoms with Gasteiger partial charge in [-0.05, 0) is 48.7 Å². The number of aromatic amines is 1. The van der Waals surface area contributed by atoms with E-state index in [0.29, 0.717) is 18.7 Å². The number of nitrogens with zero attached hydrogens (tertiary/aromatic N) is 1. The van der Waals surface area contributed by atoms with Crippen LogP contribution in [0.4, 0.5) is 4.39 Å². The van der Waals surface area contributed by atoms with Gasteiger partial charge in [0.05, 0.1) is 0 Å². The molecule has 0 bridgehead atoms. The molecule has 1 N–H and O–H groups in total. The largest absolute Gasteiger partial charge is 0.360 e. The summed E-state index contributed by atoms with van der Waals surface area (Å²) in [5, 5.41) is 1.23. The zero-order valence-corrected chi connectivity index (χ0v) is 14.1. The average Bonchev–Trinajstić information content (AvgIpc) is 3.07. The van der Waals surface area contributed by atoms with Crippen LogP contribution in [0.25, 0.3) is 16.5 Å². The normalized spacial score (nSPS) is 14.6. The third kappa shape index (κ3) is 2.84. The highest BCUT2D eigenvalue weighted by atomic mass is 19.1. The number of hydrogen-bond acceptors (Lipinski definition) is 1. The zero-order chi connectivity index (χ0) is 17.4. The van der Waals surface area contributed by atoms with Crippen LogP contribution in [0.5, 0.6) is 0 Å². The maximum atomic E-state index is 13.0. The Morgan fingerprint density at radius 3 is 2.68 bits per heavy atom. The SMILES string of the molecule is Cc1cccc2c(C3=CCN(C(=O)c4ccc(F)cc4)CC3)c[nH]c12. The molecule has 0 saturated heterocycles. The molecule has 126 valence electrons. The Labute approximate surface area is 145 Å². The van der Waals surface area contributed by atoms with Crippen molar-refractivity contribution < 1.29 is 9.18 Å². The maximum Gasteiger partial charge on any atom is 0.254 e. The first-order valence-electron chi connectivity index (χ1n) is 8.44. The molecule has 0 aliphatic carbocycles. The van der Waals surface area contributed by atoms with Gasteiger partial charge < -0.3 is 9.88 Å². The molecule has 2 heterocycles. The highest BCUT2D eigenvalue weighted by molar-refractivity contribution is 5.96. The monoisotopic (exact) mass is 334 g/mol. The van der Waals surface area contributed by atoms with Crippen LogP contribution >= 0.6 is 0 Å². The number of halogens is 1. The van der Waals surface area contributed by atoms with Crippen molar-refractivity contribution in [1.29, 1.82) is 0 Å². The number of rotatable bonds is 2. The Kier molecular flexibility index (Phi) is 3.88. The summed E-state index contributed by atoms with van der Waals surface area (Å²) in [6, 6.07) is 12.0. The number of aryl methyl sites for hydroxylation is 1. The molecule has 0 saturated carbocycles. The number of H-pyrrole nitrogens is 1. The Morgan fingerprint density at radius 1 is 1.16 bits per heavy atom. The van der Waals surface area contributed by atoms with Gasteiger partial charge >= 0.3 is 0 Å². The van der Waals surface area contributed by atoms with Gasteiger partial charge in [0.15, 0.2) is 0 Å². The third-order valence-electron chi connectivity index (χ3n) is 4.86. The highest BCUT2D eigenvalue weighted by Gasteiger charge is 2.20. The van der Waals surface area contributed by atoms with Crippen molar-refractivity contribution in [2.24, 2.45) is 0 Å². The molecule has 1 amide bonds. The van der Waals surface area contributed by atoms with Crippen molar-refractivity contribution in [2.75, 3.05) is 13.1 Å². The van der Waals surface area contributed by atoms with Gasteiger partial charge in [-0.3, -0.25) is 4.79 Å². The molecule has 1 aromatic heterocycles. The minimum absolute atomic E-state index is 0.0509. The van der Waals surface area contributed by atoms with Gasteiger partial charge in [-0.2, -0.15) is 0 Å². The minimum Gasteiger partial charge on any atom is -0.360 e. The Bertz CT molecular complexity index is 969. The van der Waals surface area contributed by atoms with Crippen molar-refractivity contribution in [1.82, 2.24) is 9.88 Å². The molecule has 4 heteroatoms. The molecule has 0 radical (unpaired) electrons. The summed E-state index contributed by atoms with van der Waals surface area (Å²) in [4.78, 5) is 17.7. The standard InChI is InChI=1S/C21H19FN2O/c1-14-3-2-4-18-19(13-23-20(14)18)15-9-11-24(12-10-15)21(25)16-5-7-17(22)8-6-16/h2-9,13,23H,10-12H2,1H3. The molecule has 1 aliphatic heterocycles. The fourth-order valence-electron chi connectivity index (χ4n) is 3.44. The first-order valence-corrected chi connectivity index (χ1v) is 8.44. The van der Waals surface area contributed by atoms with E-state index in [1.165, 1.54) is 39.7 Å². The molecule has 1 aliphatic rings. The van der Waals surface area contributed by atoms with Crippen molar-refractivity contribution in [3.63, 3.8) is 0 Å². The van der Waals surface area contributed by atoms with Crippen molar-refractivity contribution in [3.05, 3.63) is 77.2 Å². The summed E-state index contributed by atoms with van der Waals surface area (Å²) in [5.74, 6) is -0.378. The number of amides is 1. The number of para-hydroxylation sites is 1. The van der Waals surface area contributed by atoms with E-state index in [1.54, 1.807) is 17.0 Å². The molecule has 0 fully saturated rings. The first kappa shape index (κ1) is 15.6.